The number of aromatic nitrogens is 3. The Labute approximate surface area is 169 Å². The number of aryl methyl sites for hydroxylation is 1. The van der Waals surface area contributed by atoms with Crippen molar-refractivity contribution in [3.05, 3.63) is 66.9 Å². The Morgan fingerprint density at radius 2 is 2.10 bits per heavy atom. The van der Waals surface area contributed by atoms with Crippen LogP contribution in [0.25, 0.3) is 10.9 Å². The van der Waals surface area contributed by atoms with Crippen molar-refractivity contribution in [3.63, 3.8) is 0 Å². The summed E-state index contributed by atoms with van der Waals surface area (Å²) in [6, 6.07) is 8.10. The fraction of sp³-hybridized carbons (Fsp3) is 0.238. The van der Waals surface area contributed by atoms with Gasteiger partial charge in [0.25, 0.3) is 0 Å². The number of anilines is 2. The Kier molecular flexibility index (Phi) is 5.62. The molecule has 1 aliphatic rings. The highest BCUT2D eigenvalue weighted by Crippen LogP contribution is 2.22. The van der Waals surface area contributed by atoms with Crippen LogP contribution >= 0.6 is 0 Å². The predicted octanol–water partition coefficient (Wildman–Crippen LogP) is 2.83. The lowest BCUT2D eigenvalue weighted by Gasteiger charge is -2.25. The van der Waals surface area contributed by atoms with Crippen LogP contribution in [0, 0.1) is 0 Å². The van der Waals surface area contributed by atoms with E-state index in [0.29, 0.717) is 19.8 Å². The van der Waals surface area contributed by atoms with Crippen LogP contribution in [0.15, 0.2) is 66.9 Å². The minimum atomic E-state index is 0.502. The van der Waals surface area contributed by atoms with Gasteiger partial charge in [0.15, 0.2) is 0 Å². The molecule has 29 heavy (non-hydrogen) atoms. The molecule has 150 valence electrons. The fourth-order valence-electron chi connectivity index (χ4n) is 3.00. The maximum atomic E-state index is 5.66. The normalized spacial score (nSPS) is 13.3. The van der Waals surface area contributed by atoms with Crippen LogP contribution in [-0.2, 0) is 11.8 Å². The van der Waals surface area contributed by atoms with Gasteiger partial charge in [-0.25, -0.2) is 0 Å². The summed E-state index contributed by atoms with van der Waals surface area (Å²) in [6.45, 7) is 1.71. The van der Waals surface area contributed by atoms with Gasteiger partial charge < -0.3 is 14.8 Å². The smallest absolute Gasteiger partial charge is 0.138 e. The van der Waals surface area contributed by atoms with Gasteiger partial charge in [-0.15, -0.1) is 0 Å². The topological polar surface area (TPSA) is 76.5 Å². The molecule has 3 aromatic rings. The number of allylic oxidation sites excluding steroid dienone is 2. The standard InChI is InChI=1S/C21H24N6O2/c1-26-15-19(13-24-26)27-7-3-4-18(25-27)12-22-17-5-6-21-16(10-17)11-20(14-23-21)29-9-8-28-2/h3-7,10-11,13-15,22,25H,8-9,12H2,1-2H3. The molecule has 0 amide bonds. The summed E-state index contributed by atoms with van der Waals surface area (Å²) >= 11 is 0. The molecule has 0 radical (unpaired) electrons. The van der Waals surface area contributed by atoms with Crippen molar-refractivity contribution < 1.29 is 9.47 Å². The van der Waals surface area contributed by atoms with E-state index >= 15 is 0 Å². The Morgan fingerprint density at radius 1 is 1.17 bits per heavy atom. The highest BCUT2D eigenvalue weighted by molar-refractivity contribution is 5.83. The first-order valence-corrected chi connectivity index (χ1v) is 9.38. The van der Waals surface area contributed by atoms with Crippen LogP contribution < -0.4 is 20.5 Å². The lowest BCUT2D eigenvalue weighted by molar-refractivity contribution is 0.146. The first-order valence-electron chi connectivity index (χ1n) is 9.38. The van der Waals surface area contributed by atoms with Crippen LogP contribution in [0.4, 0.5) is 11.4 Å². The number of rotatable bonds is 8. The van der Waals surface area contributed by atoms with Crippen molar-refractivity contribution in [1.82, 2.24) is 20.2 Å². The number of hydrazine groups is 1. The van der Waals surface area contributed by atoms with Crippen molar-refractivity contribution in [2.45, 2.75) is 0 Å². The summed E-state index contributed by atoms with van der Waals surface area (Å²) in [5.41, 5.74) is 7.34. The zero-order valence-corrected chi connectivity index (χ0v) is 16.5. The SMILES string of the molecule is COCCOc1cnc2ccc(NCC3=CC=CN(c4cnn(C)c4)N3)cc2c1. The van der Waals surface area contributed by atoms with E-state index in [1.807, 2.05) is 61.0 Å². The molecular formula is C21H24N6O2. The average Bonchev–Trinajstić information content (AvgIpc) is 3.19. The number of fused-ring (bicyclic) bond motifs is 1. The van der Waals surface area contributed by atoms with Crippen LogP contribution in [-0.4, -0.2) is 41.6 Å². The van der Waals surface area contributed by atoms with E-state index in [0.717, 1.165) is 33.7 Å². The van der Waals surface area contributed by atoms with Crippen molar-refractivity contribution in [2.75, 3.05) is 37.2 Å². The molecule has 2 aromatic heterocycles. The largest absolute Gasteiger partial charge is 0.490 e. The highest BCUT2D eigenvalue weighted by atomic mass is 16.5. The molecule has 1 aliphatic heterocycles. The number of nitrogens with zero attached hydrogens (tertiary/aromatic N) is 4. The summed E-state index contributed by atoms with van der Waals surface area (Å²) in [6.07, 6.45) is 11.5. The molecule has 0 unspecified atom stereocenters. The van der Waals surface area contributed by atoms with Gasteiger partial charge in [-0.3, -0.25) is 20.1 Å². The predicted molar refractivity (Wildman–Crippen MR) is 114 cm³/mol. The minimum Gasteiger partial charge on any atom is -0.490 e. The van der Waals surface area contributed by atoms with Gasteiger partial charge >= 0.3 is 0 Å². The third-order valence-corrected chi connectivity index (χ3v) is 4.46. The summed E-state index contributed by atoms with van der Waals surface area (Å²) in [5, 5.41) is 10.6. The van der Waals surface area contributed by atoms with Gasteiger partial charge in [0, 0.05) is 31.4 Å². The molecule has 3 heterocycles. The summed E-state index contributed by atoms with van der Waals surface area (Å²) < 4.78 is 12.5. The lowest BCUT2D eigenvalue weighted by Crippen LogP contribution is -2.36. The quantitative estimate of drug-likeness (QED) is 0.571. The molecule has 0 fully saturated rings. The van der Waals surface area contributed by atoms with E-state index in [9.17, 15) is 0 Å². The monoisotopic (exact) mass is 392 g/mol. The molecule has 0 atom stereocenters. The van der Waals surface area contributed by atoms with Crippen LogP contribution in [0.3, 0.4) is 0 Å². The molecule has 8 nitrogen and oxygen atoms in total. The molecule has 2 N–H and O–H groups in total. The van der Waals surface area contributed by atoms with Gasteiger partial charge in [-0.1, -0.05) is 0 Å². The van der Waals surface area contributed by atoms with E-state index in [1.54, 1.807) is 18.0 Å². The number of hydrogen-bond donors (Lipinski definition) is 2. The van der Waals surface area contributed by atoms with E-state index < -0.39 is 0 Å². The third-order valence-electron chi connectivity index (χ3n) is 4.46. The molecular weight excluding hydrogens is 368 g/mol. The van der Waals surface area contributed by atoms with Gasteiger partial charge in [-0.2, -0.15) is 5.10 Å². The van der Waals surface area contributed by atoms with Crippen molar-refractivity contribution in [3.8, 4) is 5.75 Å². The molecule has 0 saturated heterocycles. The van der Waals surface area contributed by atoms with Crippen molar-refractivity contribution >= 4 is 22.3 Å². The van der Waals surface area contributed by atoms with Crippen molar-refractivity contribution in [2.24, 2.45) is 7.05 Å². The molecule has 0 aliphatic carbocycles. The Morgan fingerprint density at radius 3 is 2.93 bits per heavy atom. The van der Waals surface area contributed by atoms with E-state index in [1.165, 1.54) is 0 Å². The van der Waals surface area contributed by atoms with Crippen LogP contribution in [0.5, 0.6) is 5.75 Å². The first kappa shape index (κ1) is 18.8. The minimum absolute atomic E-state index is 0.502. The lowest BCUT2D eigenvalue weighted by atomic mass is 10.2. The first-order chi connectivity index (χ1) is 14.2. The Hall–Kier alpha value is -3.52. The maximum absolute atomic E-state index is 5.66. The molecule has 0 spiro atoms. The number of ether oxygens (including phenoxy) is 2. The second-order valence-electron chi connectivity index (χ2n) is 6.66. The zero-order valence-electron chi connectivity index (χ0n) is 16.5. The fourth-order valence-corrected chi connectivity index (χ4v) is 3.00. The van der Waals surface area contributed by atoms with E-state index in [4.69, 9.17) is 9.47 Å². The molecule has 8 heteroatoms. The van der Waals surface area contributed by atoms with Gasteiger partial charge in [-0.05, 0) is 36.4 Å². The molecule has 1 aromatic carbocycles. The third kappa shape index (κ3) is 4.67. The highest BCUT2D eigenvalue weighted by Gasteiger charge is 2.10. The number of benzene rings is 1. The number of pyridine rings is 1. The average molecular weight is 392 g/mol. The van der Waals surface area contributed by atoms with Crippen molar-refractivity contribution in [1.29, 1.82) is 0 Å². The number of methoxy groups -OCH3 is 1. The second-order valence-corrected chi connectivity index (χ2v) is 6.66. The molecule has 0 saturated carbocycles. The Balaban J connectivity index is 1.40. The van der Waals surface area contributed by atoms with Crippen LogP contribution in [0.1, 0.15) is 0 Å². The second kappa shape index (κ2) is 8.66. The Bertz CT molecular complexity index is 1040. The number of nitrogens with one attached hydrogen (secondary N) is 2. The summed E-state index contributed by atoms with van der Waals surface area (Å²) in [5.74, 6) is 0.737. The molecule has 0 bridgehead atoms. The van der Waals surface area contributed by atoms with E-state index in [-0.39, 0.29) is 0 Å². The van der Waals surface area contributed by atoms with Gasteiger partial charge in [0.2, 0.25) is 0 Å². The summed E-state index contributed by atoms with van der Waals surface area (Å²) in [4.78, 5) is 4.46. The number of hydrogen-bond acceptors (Lipinski definition) is 7. The molecule has 4 rings (SSSR count). The zero-order chi connectivity index (χ0) is 20.1. The summed E-state index contributed by atoms with van der Waals surface area (Å²) in [7, 11) is 3.56. The van der Waals surface area contributed by atoms with Crippen LogP contribution in [0.2, 0.25) is 0 Å². The van der Waals surface area contributed by atoms with Gasteiger partial charge in [0.1, 0.15) is 18.0 Å². The maximum Gasteiger partial charge on any atom is 0.138 e. The van der Waals surface area contributed by atoms with E-state index in [2.05, 4.69) is 26.9 Å². The van der Waals surface area contributed by atoms with Gasteiger partial charge in [0.05, 0.1) is 43.0 Å².